The molecule has 1 aliphatic heterocycles. The molecule has 2 aliphatic rings. The van der Waals surface area contributed by atoms with Gasteiger partial charge in [0.25, 0.3) is 0 Å². The Balaban J connectivity index is 2.01. The summed E-state index contributed by atoms with van der Waals surface area (Å²) < 4.78 is 30.3. The molecule has 1 aliphatic carbocycles. The van der Waals surface area contributed by atoms with E-state index < -0.39 is 9.84 Å². The van der Waals surface area contributed by atoms with Crippen molar-refractivity contribution in [3.8, 4) is 0 Å². The zero-order chi connectivity index (χ0) is 11.9. The normalized spacial score (nSPS) is 27.9. The van der Waals surface area contributed by atoms with Crippen LogP contribution in [0.2, 0.25) is 0 Å². The molecule has 0 N–H and O–H groups in total. The summed E-state index contributed by atoms with van der Waals surface area (Å²) in [6.45, 7) is 0. The van der Waals surface area contributed by atoms with Crippen molar-refractivity contribution in [2.24, 2.45) is 0 Å². The number of benzene rings is 1. The van der Waals surface area contributed by atoms with E-state index in [9.17, 15) is 8.42 Å². The van der Waals surface area contributed by atoms with E-state index in [2.05, 4.69) is 0 Å². The predicted octanol–water partition coefficient (Wildman–Crippen LogP) is 2.30. The summed E-state index contributed by atoms with van der Waals surface area (Å²) in [5.74, 6) is 0. The highest BCUT2D eigenvalue weighted by molar-refractivity contribution is 7.95. The smallest absolute Gasteiger partial charge is 0.205 e. The van der Waals surface area contributed by atoms with E-state index in [4.69, 9.17) is 4.74 Å². The molecule has 1 aromatic carbocycles. The summed E-state index contributed by atoms with van der Waals surface area (Å²) >= 11 is 0. The number of rotatable bonds is 2. The van der Waals surface area contributed by atoms with Crippen molar-refractivity contribution in [3.05, 3.63) is 41.3 Å². The number of epoxide rings is 1. The van der Waals surface area contributed by atoms with Crippen LogP contribution in [0.3, 0.4) is 0 Å². The second kappa shape index (κ2) is 3.96. The van der Waals surface area contributed by atoms with E-state index in [-0.39, 0.29) is 12.2 Å². The molecular weight excluding hydrogens is 236 g/mol. The lowest BCUT2D eigenvalue weighted by atomic mass is 10.2. The second-order valence-corrected chi connectivity index (χ2v) is 6.40. The number of allylic oxidation sites excluding steroid dienone is 1. The topological polar surface area (TPSA) is 46.7 Å². The SMILES string of the molecule is O=S(=O)(C1=CCCC[C@H]2O[C@@H]12)c1ccccc1. The summed E-state index contributed by atoms with van der Waals surface area (Å²) in [6, 6.07) is 8.58. The van der Waals surface area contributed by atoms with Crippen molar-refractivity contribution in [3.63, 3.8) is 0 Å². The highest BCUT2D eigenvalue weighted by Gasteiger charge is 2.47. The van der Waals surface area contributed by atoms with Crippen LogP contribution in [-0.2, 0) is 14.6 Å². The fraction of sp³-hybridized carbons (Fsp3) is 0.385. The summed E-state index contributed by atoms with van der Waals surface area (Å²) in [7, 11) is -3.36. The van der Waals surface area contributed by atoms with Gasteiger partial charge in [-0.25, -0.2) is 8.42 Å². The maximum Gasteiger partial charge on any atom is 0.205 e. The Labute approximate surface area is 101 Å². The van der Waals surface area contributed by atoms with Crippen molar-refractivity contribution in [1.29, 1.82) is 0 Å². The average Bonchev–Trinajstić information content (AvgIpc) is 3.08. The fourth-order valence-corrected chi connectivity index (χ4v) is 3.93. The largest absolute Gasteiger partial charge is 0.364 e. The molecule has 0 unspecified atom stereocenters. The van der Waals surface area contributed by atoms with Gasteiger partial charge >= 0.3 is 0 Å². The molecule has 3 nitrogen and oxygen atoms in total. The predicted molar refractivity (Wildman–Crippen MR) is 64.2 cm³/mol. The molecule has 3 rings (SSSR count). The molecule has 0 amide bonds. The molecule has 0 radical (unpaired) electrons. The lowest BCUT2D eigenvalue weighted by Crippen LogP contribution is -2.10. The molecular formula is C13H14O3S. The van der Waals surface area contributed by atoms with Crippen LogP contribution in [0.15, 0.2) is 46.2 Å². The standard InChI is InChI=1S/C13H14O3S/c14-17(15,10-6-2-1-3-7-10)12-9-5-4-8-11-13(12)16-11/h1-3,6-7,9,11,13H,4-5,8H2/t11-,13-/m1/s1. The summed E-state index contributed by atoms with van der Waals surface area (Å²) in [6.07, 6.45) is 4.58. The van der Waals surface area contributed by atoms with Crippen LogP contribution in [0.1, 0.15) is 19.3 Å². The van der Waals surface area contributed by atoms with E-state index in [1.807, 2.05) is 12.1 Å². The molecule has 0 aromatic heterocycles. The number of fused-ring (bicyclic) bond motifs is 1. The molecule has 90 valence electrons. The number of ether oxygens (including phenoxy) is 1. The van der Waals surface area contributed by atoms with Crippen LogP contribution < -0.4 is 0 Å². The van der Waals surface area contributed by atoms with Crippen LogP contribution in [0.4, 0.5) is 0 Å². The van der Waals surface area contributed by atoms with Gasteiger partial charge in [0.05, 0.1) is 15.9 Å². The molecule has 0 spiro atoms. The third-order valence-electron chi connectivity index (χ3n) is 3.26. The van der Waals surface area contributed by atoms with Crippen LogP contribution in [-0.4, -0.2) is 20.6 Å². The maximum absolute atomic E-state index is 12.4. The Hall–Kier alpha value is -1.13. The van der Waals surface area contributed by atoms with Crippen LogP contribution in [0.25, 0.3) is 0 Å². The maximum atomic E-state index is 12.4. The van der Waals surface area contributed by atoms with Gasteiger partial charge in [-0.15, -0.1) is 0 Å². The minimum Gasteiger partial charge on any atom is -0.364 e. The van der Waals surface area contributed by atoms with Gasteiger partial charge in [-0.1, -0.05) is 24.3 Å². The zero-order valence-electron chi connectivity index (χ0n) is 9.37. The van der Waals surface area contributed by atoms with Crippen molar-refractivity contribution in [1.82, 2.24) is 0 Å². The van der Waals surface area contributed by atoms with Gasteiger partial charge < -0.3 is 4.74 Å². The van der Waals surface area contributed by atoms with Gasteiger partial charge in [0.15, 0.2) is 0 Å². The fourth-order valence-electron chi connectivity index (χ4n) is 2.29. The molecule has 1 heterocycles. The van der Waals surface area contributed by atoms with Crippen molar-refractivity contribution in [2.75, 3.05) is 0 Å². The Morgan fingerprint density at radius 2 is 1.94 bits per heavy atom. The molecule has 4 heteroatoms. The van der Waals surface area contributed by atoms with E-state index in [0.29, 0.717) is 9.80 Å². The van der Waals surface area contributed by atoms with E-state index >= 15 is 0 Å². The van der Waals surface area contributed by atoms with Gasteiger partial charge in [0, 0.05) is 0 Å². The lowest BCUT2D eigenvalue weighted by molar-refractivity contribution is 0.370. The lowest BCUT2D eigenvalue weighted by Gasteiger charge is -2.06. The monoisotopic (exact) mass is 250 g/mol. The Bertz CT molecular complexity index is 545. The molecule has 1 fully saturated rings. The van der Waals surface area contributed by atoms with Gasteiger partial charge in [0.2, 0.25) is 9.84 Å². The molecule has 1 saturated heterocycles. The highest BCUT2D eigenvalue weighted by atomic mass is 32.2. The number of sulfone groups is 1. The minimum atomic E-state index is -3.36. The van der Waals surface area contributed by atoms with Gasteiger partial charge in [0.1, 0.15) is 6.10 Å². The van der Waals surface area contributed by atoms with E-state index in [1.54, 1.807) is 24.3 Å². The Morgan fingerprint density at radius 1 is 1.18 bits per heavy atom. The van der Waals surface area contributed by atoms with Gasteiger partial charge in [-0.2, -0.15) is 0 Å². The minimum absolute atomic E-state index is 0.127. The molecule has 2 atom stereocenters. The summed E-state index contributed by atoms with van der Waals surface area (Å²) in [4.78, 5) is 0.827. The van der Waals surface area contributed by atoms with Crippen molar-refractivity contribution < 1.29 is 13.2 Å². The molecule has 1 aromatic rings. The molecule has 17 heavy (non-hydrogen) atoms. The van der Waals surface area contributed by atoms with E-state index in [1.165, 1.54) is 0 Å². The van der Waals surface area contributed by atoms with Gasteiger partial charge in [-0.3, -0.25) is 0 Å². The van der Waals surface area contributed by atoms with Crippen molar-refractivity contribution >= 4 is 9.84 Å². The summed E-state index contributed by atoms with van der Waals surface area (Å²) in [5, 5.41) is 0. The Kier molecular flexibility index (Phi) is 2.56. The first kappa shape index (κ1) is 11.0. The summed E-state index contributed by atoms with van der Waals surface area (Å²) in [5.41, 5.74) is 0. The third kappa shape index (κ3) is 1.91. The molecule has 0 bridgehead atoms. The van der Waals surface area contributed by atoms with Gasteiger partial charge in [-0.05, 0) is 31.4 Å². The van der Waals surface area contributed by atoms with Crippen LogP contribution in [0.5, 0.6) is 0 Å². The Morgan fingerprint density at radius 3 is 2.71 bits per heavy atom. The zero-order valence-corrected chi connectivity index (χ0v) is 10.2. The first-order valence-corrected chi connectivity index (χ1v) is 7.33. The number of hydrogen-bond acceptors (Lipinski definition) is 3. The third-order valence-corrected chi connectivity index (χ3v) is 5.18. The first-order chi connectivity index (χ1) is 8.19. The highest BCUT2D eigenvalue weighted by Crippen LogP contribution is 2.40. The molecule has 0 saturated carbocycles. The van der Waals surface area contributed by atoms with Crippen LogP contribution >= 0.6 is 0 Å². The number of hydrogen-bond donors (Lipinski definition) is 0. The van der Waals surface area contributed by atoms with Crippen LogP contribution in [0, 0.1) is 0 Å². The van der Waals surface area contributed by atoms with E-state index in [0.717, 1.165) is 19.3 Å². The second-order valence-electron chi connectivity index (χ2n) is 4.45. The quantitative estimate of drug-likeness (QED) is 0.757. The first-order valence-electron chi connectivity index (χ1n) is 5.85. The average molecular weight is 250 g/mol. The van der Waals surface area contributed by atoms with Crippen molar-refractivity contribution in [2.45, 2.75) is 36.4 Å².